The lowest BCUT2D eigenvalue weighted by molar-refractivity contribution is -0.141. The summed E-state index contributed by atoms with van der Waals surface area (Å²) in [6.07, 6.45) is 0.214. The molecule has 0 atom stereocenters. The minimum Gasteiger partial charge on any atom is -0.469 e. The van der Waals surface area contributed by atoms with Crippen molar-refractivity contribution >= 4 is 34.9 Å². The van der Waals surface area contributed by atoms with E-state index in [4.69, 9.17) is 0 Å². The van der Waals surface area contributed by atoms with E-state index < -0.39 is 5.97 Å². The smallest absolute Gasteiger partial charge is 0.350 e. The molecule has 0 aliphatic heterocycles. The van der Waals surface area contributed by atoms with E-state index in [2.05, 4.69) is 14.8 Å². The normalized spacial score (nSPS) is 10.3. The molecule has 1 rings (SSSR count). The van der Waals surface area contributed by atoms with Crippen LogP contribution in [0, 0.1) is 0 Å². The highest BCUT2D eigenvalue weighted by atomic mass is 32.1. The van der Waals surface area contributed by atoms with Crippen LogP contribution in [0.3, 0.4) is 0 Å². The van der Waals surface area contributed by atoms with Gasteiger partial charge in [-0.3, -0.25) is 14.5 Å². The van der Waals surface area contributed by atoms with E-state index in [1.165, 1.54) is 25.6 Å². The van der Waals surface area contributed by atoms with Gasteiger partial charge in [0.25, 0.3) is 0 Å². The number of ether oxygens (including phenoxy) is 2. The molecule has 1 aromatic heterocycles. The zero-order valence-electron chi connectivity index (χ0n) is 12.2. The maximum absolute atomic E-state index is 11.9. The first-order valence-electron chi connectivity index (χ1n) is 6.19. The fraction of sp³-hybridized carbons (Fsp3) is 0.462. The van der Waals surface area contributed by atoms with E-state index >= 15 is 0 Å². The Bertz CT molecular complexity index is 514. The molecule has 8 heteroatoms. The number of hydrogen-bond donors (Lipinski definition) is 1. The zero-order valence-corrected chi connectivity index (χ0v) is 13.0. The Balaban J connectivity index is 2.49. The summed E-state index contributed by atoms with van der Waals surface area (Å²) in [6.45, 7) is 0.515. The fourth-order valence-electron chi connectivity index (χ4n) is 1.56. The number of nitrogens with one attached hydrogen (secondary N) is 1. The minimum absolute atomic E-state index is 0.105. The molecule has 1 aromatic rings. The van der Waals surface area contributed by atoms with Crippen molar-refractivity contribution in [3.8, 4) is 0 Å². The molecule has 1 heterocycles. The molecule has 0 unspecified atom stereocenters. The third kappa shape index (κ3) is 5.52. The Kier molecular flexibility index (Phi) is 6.83. The Hall–Kier alpha value is -1.93. The number of carbonyl (C=O) groups excluding carboxylic acids is 3. The number of esters is 2. The molecule has 0 radical (unpaired) electrons. The highest BCUT2D eigenvalue weighted by molar-refractivity contribution is 7.12. The summed E-state index contributed by atoms with van der Waals surface area (Å²) in [7, 11) is 4.32. The average Bonchev–Trinajstić information content (AvgIpc) is 2.91. The van der Waals surface area contributed by atoms with Crippen molar-refractivity contribution in [3.05, 3.63) is 16.3 Å². The molecule has 0 fully saturated rings. The lowest BCUT2D eigenvalue weighted by Crippen LogP contribution is -2.32. The van der Waals surface area contributed by atoms with Crippen LogP contribution in [0.2, 0.25) is 0 Å². The minimum atomic E-state index is -0.487. The number of amides is 1. The predicted molar refractivity (Wildman–Crippen MR) is 78.4 cm³/mol. The van der Waals surface area contributed by atoms with Crippen LogP contribution in [-0.4, -0.2) is 57.1 Å². The fourth-order valence-corrected chi connectivity index (χ4v) is 2.32. The van der Waals surface area contributed by atoms with E-state index in [1.54, 1.807) is 23.4 Å². The third-order valence-electron chi connectivity index (χ3n) is 2.65. The van der Waals surface area contributed by atoms with Gasteiger partial charge in [0.2, 0.25) is 5.91 Å². The van der Waals surface area contributed by atoms with Crippen LogP contribution in [0.5, 0.6) is 0 Å². The first-order valence-corrected chi connectivity index (χ1v) is 7.07. The molecule has 0 aromatic carbocycles. The number of anilines is 1. The van der Waals surface area contributed by atoms with E-state index in [9.17, 15) is 14.4 Å². The Morgan fingerprint density at radius 1 is 1.29 bits per heavy atom. The van der Waals surface area contributed by atoms with E-state index in [0.717, 1.165) is 0 Å². The van der Waals surface area contributed by atoms with Gasteiger partial charge in [-0.05, 0) is 18.5 Å². The predicted octanol–water partition coefficient (Wildman–Crippen LogP) is 0.968. The summed E-state index contributed by atoms with van der Waals surface area (Å²) < 4.78 is 9.16. The van der Waals surface area contributed by atoms with Gasteiger partial charge >= 0.3 is 11.9 Å². The topological polar surface area (TPSA) is 84.9 Å². The molecule has 0 aliphatic carbocycles. The summed E-state index contributed by atoms with van der Waals surface area (Å²) in [6, 6.07) is 1.64. The van der Waals surface area contributed by atoms with Crippen molar-refractivity contribution in [2.45, 2.75) is 6.42 Å². The molecular formula is C13H18N2O5S. The van der Waals surface area contributed by atoms with Crippen molar-refractivity contribution in [1.82, 2.24) is 4.90 Å². The largest absolute Gasteiger partial charge is 0.469 e. The average molecular weight is 314 g/mol. The van der Waals surface area contributed by atoms with Gasteiger partial charge in [-0.15, -0.1) is 11.3 Å². The Morgan fingerprint density at radius 3 is 2.62 bits per heavy atom. The van der Waals surface area contributed by atoms with Crippen molar-refractivity contribution < 1.29 is 23.9 Å². The van der Waals surface area contributed by atoms with Gasteiger partial charge < -0.3 is 14.8 Å². The van der Waals surface area contributed by atoms with Crippen molar-refractivity contribution in [2.24, 2.45) is 0 Å². The van der Waals surface area contributed by atoms with Gasteiger partial charge in [0.1, 0.15) is 4.88 Å². The van der Waals surface area contributed by atoms with Gasteiger partial charge in [-0.25, -0.2) is 4.79 Å². The highest BCUT2D eigenvalue weighted by Gasteiger charge is 2.16. The number of methoxy groups -OCH3 is 2. The lowest BCUT2D eigenvalue weighted by atomic mass is 10.3. The number of rotatable bonds is 7. The summed E-state index contributed by atoms with van der Waals surface area (Å²) in [5.74, 6) is -1.08. The molecule has 1 amide bonds. The number of hydrogen-bond acceptors (Lipinski definition) is 7. The standard InChI is InChI=1S/C13H18N2O5S/c1-15(6-4-11(17)19-2)8-10(16)14-9-5-7-21-12(9)13(18)20-3/h5,7H,4,6,8H2,1-3H3,(H,14,16). The molecule has 116 valence electrons. The quantitative estimate of drug-likeness (QED) is 0.755. The van der Waals surface area contributed by atoms with Gasteiger partial charge in [-0.2, -0.15) is 0 Å². The van der Waals surface area contributed by atoms with Crippen LogP contribution in [0.25, 0.3) is 0 Å². The monoisotopic (exact) mass is 314 g/mol. The maximum Gasteiger partial charge on any atom is 0.350 e. The number of carbonyl (C=O) groups is 3. The van der Waals surface area contributed by atoms with Crippen LogP contribution in [0.1, 0.15) is 16.1 Å². The van der Waals surface area contributed by atoms with Crippen molar-refractivity contribution in [1.29, 1.82) is 0 Å². The summed E-state index contributed by atoms with van der Waals surface area (Å²) in [5.41, 5.74) is 0.429. The first kappa shape index (κ1) is 17.1. The highest BCUT2D eigenvalue weighted by Crippen LogP contribution is 2.22. The van der Waals surface area contributed by atoms with Crippen LogP contribution in [0.4, 0.5) is 5.69 Å². The van der Waals surface area contributed by atoms with Gasteiger partial charge in [-0.1, -0.05) is 0 Å². The second-order valence-electron chi connectivity index (χ2n) is 4.27. The second kappa shape index (κ2) is 8.38. The number of thiophene rings is 1. The van der Waals surface area contributed by atoms with Crippen LogP contribution >= 0.6 is 11.3 Å². The van der Waals surface area contributed by atoms with Crippen LogP contribution < -0.4 is 5.32 Å². The van der Waals surface area contributed by atoms with E-state index in [-0.39, 0.29) is 24.8 Å². The molecule has 0 bridgehead atoms. The molecule has 0 aliphatic rings. The first-order chi connectivity index (χ1) is 9.97. The van der Waals surface area contributed by atoms with Crippen molar-refractivity contribution in [3.63, 3.8) is 0 Å². The molecule has 0 saturated carbocycles. The van der Waals surface area contributed by atoms with E-state index in [0.29, 0.717) is 17.1 Å². The third-order valence-corrected chi connectivity index (χ3v) is 3.54. The molecule has 0 spiro atoms. The van der Waals surface area contributed by atoms with Crippen molar-refractivity contribution in [2.75, 3.05) is 39.7 Å². The molecule has 7 nitrogen and oxygen atoms in total. The number of nitrogens with zero attached hydrogens (tertiary/aromatic N) is 1. The maximum atomic E-state index is 11.9. The summed E-state index contributed by atoms with van der Waals surface area (Å²) >= 11 is 1.20. The Morgan fingerprint density at radius 2 is 2.00 bits per heavy atom. The molecular weight excluding hydrogens is 296 g/mol. The van der Waals surface area contributed by atoms with Crippen LogP contribution in [-0.2, 0) is 19.1 Å². The van der Waals surface area contributed by atoms with Gasteiger partial charge in [0.15, 0.2) is 0 Å². The SMILES string of the molecule is COC(=O)CCN(C)CC(=O)Nc1ccsc1C(=O)OC. The molecule has 0 saturated heterocycles. The van der Waals surface area contributed by atoms with E-state index in [1.807, 2.05) is 0 Å². The van der Waals surface area contributed by atoms with Crippen LogP contribution in [0.15, 0.2) is 11.4 Å². The second-order valence-corrected chi connectivity index (χ2v) is 5.18. The number of likely N-dealkylation sites (N-methyl/N-ethyl adjacent to an activating group) is 1. The van der Waals surface area contributed by atoms with Gasteiger partial charge in [0, 0.05) is 6.54 Å². The molecule has 1 N–H and O–H groups in total. The van der Waals surface area contributed by atoms with Gasteiger partial charge in [0.05, 0.1) is 32.9 Å². The Labute approximate surface area is 126 Å². The summed E-state index contributed by atoms with van der Waals surface area (Å²) in [4.78, 5) is 36.4. The lowest BCUT2D eigenvalue weighted by Gasteiger charge is -2.15. The zero-order chi connectivity index (χ0) is 15.8. The molecule has 21 heavy (non-hydrogen) atoms. The summed E-state index contributed by atoms with van der Waals surface area (Å²) in [5, 5.41) is 4.35.